The highest BCUT2D eigenvalue weighted by Crippen LogP contribution is 2.41. The number of carboxylic acids is 1. The lowest BCUT2D eigenvalue weighted by molar-refractivity contribution is 0.0697. The number of carbonyl (C=O) groups is 1. The number of hydrogen-bond donors (Lipinski definition) is 1. The van der Waals surface area contributed by atoms with Gasteiger partial charge in [0.2, 0.25) is 0 Å². The smallest absolute Gasteiger partial charge is 0.335 e. The normalized spacial score (nSPS) is 19.9. The Bertz CT molecular complexity index is 899. The van der Waals surface area contributed by atoms with Crippen LogP contribution in [0.2, 0.25) is 0 Å². The van der Waals surface area contributed by atoms with Crippen LogP contribution < -0.4 is 0 Å². The Labute approximate surface area is 152 Å². The number of carboxylic acid groups (broad SMARTS) is 1. The summed E-state index contributed by atoms with van der Waals surface area (Å²) in [6.45, 7) is 6.14. The molecule has 0 saturated heterocycles. The topological polar surface area (TPSA) is 37.3 Å². The molecule has 26 heavy (non-hydrogen) atoms. The third kappa shape index (κ3) is 3.41. The van der Waals surface area contributed by atoms with E-state index in [9.17, 15) is 18.7 Å². The minimum absolute atomic E-state index is 0.129. The molecule has 0 saturated carbocycles. The quantitative estimate of drug-likeness (QED) is 0.752. The van der Waals surface area contributed by atoms with Crippen molar-refractivity contribution in [3.8, 4) is 0 Å². The van der Waals surface area contributed by atoms with E-state index in [-0.39, 0.29) is 17.4 Å². The third-order valence-electron chi connectivity index (χ3n) is 5.61. The van der Waals surface area contributed by atoms with Gasteiger partial charge in [0.1, 0.15) is 11.6 Å². The molecular formula is C22H22F2O2. The van der Waals surface area contributed by atoms with Gasteiger partial charge in [-0.15, -0.1) is 0 Å². The first kappa shape index (κ1) is 18.3. The highest BCUT2D eigenvalue weighted by atomic mass is 19.1. The maximum atomic E-state index is 14.1. The van der Waals surface area contributed by atoms with Crippen LogP contribution in [-0.4, -0.2) is 11.1 Å². The van der Waals surface area contributed by atoms with Crippen LogP contribution in [0.25, 0.3) is 5.57 Å². The van der Waals surface area contributed by atoms with Gasteiger partial charge in [-0.1, -0.05) is 24.6 Å². The zero-order valence-electron chi connectivity index (χ0n) is 15.1. The molecule has 136 valence electrons. The molecule has 3 rings (SSSR count). The van der Waals surface area contributed by atoms with Crippen LogP contribution in [-0.2, 0) is 6.42 Å². The van der Waals surface area contributed by atoms with Crippen molar-refractivity contribution >= 4 is 11.5 Å². The van der Waals surface area contributed by atoms with E-state index in [1.54, 1.807) is 12.1 Å². The number of aromatic carboxylic acids is 1. The van der Waals surface area contributed by atoms with Crippen LogP contribution in [0.5, 0.6) is 0 Å². The summed E-state index contributed by atoms with van der Waals surface area (Å²) in [5.41, 5.74) is 5.07. The van der Waals surface area contributed by atoms with Crippen LogP contribution in [0.3, 0.4) is 0 Å². The molecule has 0 aliphatic heterocycles. The van der Waals surface area contributed by atoms with Crippen LogP contribution in [0.4, 0.5) is 8.78 Å². The Hall–Kier alpha value is -2.49. The molecule has 0 spiro atoms. The number of halogens is 2. The Morgan fingerprint density at radius 2 is 1.88 bits per heavy atom. The van der Waals surface area contributed by atoms with Gasteiger partial charge in [0.25, 0.3) is 0 Å². The average molecular weight is 356 g/mol. The minimum Gasteiger partial charge on any atom is -0.478 e. The second kappa shape index (κ2) is 7.02. The molecule has 2 atom stereocenters. The van der Waals surface area contributed by atoms with E-state index < -0.39 is 17.6 Å². The van der Waals surface area contributed by atoms with Crippen molar-refractivity contribution in [3.63, 3.8) is 0 Å². The van der Waals surface area contributed by atoms with Crippen molar-refractivity contribution in [1.82, 2.24) is 0 Å². The molecule has 1 aliphatic rings. The zero-order chi connectivity index (χ0) is 19.0. The van der Waals surface area contributed by atoms with Crippen molar-refractivity contribution < 1.29 is 18.7 Å². The molecule has 4 heteroatoms. The van der Waals surface area contributed by atoms with E-state index in [0.717, 1.165) is 29.2 Å². The SMILES string of the molecule is CC1=C(C)c2cc(C(=O)O)ccc2C(C)C(Cc2ccc(F)cc2F)C1. The molecule has 0 radical (unpaired) electrons. The fourth-order valence-corrected chi connectivity index (χ4v) is 3.84. The standard InChI is InChI=1S/C22H22F2O2/c1-12-8-17(9-15-4-6-18(23)11-21(15)24)14(3)19-7-5-16(22(25)26)10-20(19)13(12)2/h4-7,10-11,14,17H,8-9H2,1-3H3,(H,25,26). The molecule has 0 heterocycles. The number of allylic oxidation sites excluding steroid dienone is 2. The van der Waals surface area contributed by atoms with E-state index in [2.05, 4.69) is 6.92 Å². The molecule has 0 fully saturated rings. The summed E-state index contributed by atoms with van der Waals surface area (Å²) >= 11 is 0. The number of benzene rings is 2. The van der Waals surface area contributed by atoms with Crippen molar-refractivity contribution in [2.24, 2.45) is 5.92 Å². The van der Waals surface area contributed by atoms with Crippen molar-refractivity contribution in [1.29, 1.82) is 0 Å². The molecule has 0 aromatic heterocycles. The van der Waals surface area contributed by atoms with Crippen LogP contribution in [0, 0.1) is 17.6 Å². The number of fused-ring (bicyclic) bond motifs is 1. The van der Waals surface area contributed by atoms with E-state index in [4.69, 9.17) is 0 Å². The number of hydrogen-bond acceptors (Lipinski definition) is 1. The van der Waals surface area contributed by atoms with Gasteiger partial charge in [-0.3, -0.25) is 0 Å². The van der Waals surface area contributed by atoms with Gasteiger partial charge in [-0.25, -0.2) is 13.6 Å². The summed E-state index contributed by atoms with van der Waals surface area (Å²) in [6.07, 6.45) is 1.30. The van der Waals surface area contributed by atoms with Gasteiger partial charge in [0.05, 0.1) is 5.56 Å². The predicted molar refractivity (Wildman–Crippen MR) is 98.3 cm³/mol. The van der Waals surface area contributed by atoms with Crippen LogP contribution >= 0.6 is 0 Å². The van der Waals surface area contributed by atoms with Gasteiger partial charge in [0, 0.05) is 6.07 Å². The fourth-order valence-electron chi connectivity index (χ4n) is 3.84. The Morgan fingerprint density at radius 1 is 1.15 bits per heavy atom. The van der Waals surface area contributed by atoms with E-state index in [0.29, 0.717) is 12.0 Å². The first-order valence-corrected chi connectivity index (χ1v) is 8.75. The molecule has 2 aromatic rings. The zero-order valence-corrected chi connectivity index (χ0v) is 15.1. The van der Waals surface area contributed by atoms with Gasteiger partial charge in [-0.05, 0) is 79.0 Å². The lowest BCUT2D eigenvalue weighted by atomic mass is 9.80. The van der Waals surface area contributed by atoms with E-state index in [1.807, 2.05) is 19.9 Å². The predicted octanol–water partition coefficient (Wildman–Crippen LogP) is 5.82. The average Bonchev–Trinajstić information content (AvgIpc) is 2.68. The summed E-state index contributed by atoms with van der Waals surface area (Å²) in [5.74, 6) is -1.74. The largest absolute Gasteiger partial charge is 0.478 e. The van der Waals surface area contributed by atoms with Gasteiger partial charge in [0.15, 0.2) is 0 Å². The summed E-state index contributed by atoms with van der Waals surface area (Å²) in [4.78, 5) is 11.3. The fraction of sp³-hybridized carbons (Fsp3) is 0.318. The first-order valence-electron chi connectivity index (χ1n) is 8.75. The van der Waals surface area contributed by atoms with Crippen LogP contribution in [0.15, 0.2) is 42.0 Å². The second-order valence-corrected chi connectivity index (χ2v) is 7.21. The highest BCUT2D eigenvalue weighted by molar-refractivity contribution is 5.89. The van der Waals surface area contributed by atoms with Gasteiger partial charge in [-0.2, -0.15) is 0 Å². The Balaban J connectivity index is 2.01. The molecule has 2 aromatic carbocycles. The molecule has 2 nitrogen and oxygen atoms in total. The lowest BCUT2D eigenvalue weighted by Crippen LogP contribution is -2.14. The molecule has 1 N–H and O–H groups in total. The van der Waals surface area contributed by atoms with Crippen molar-refractivity contribution in [3.05, 3.63) is 75.9 Å². The monoisotopic (exact) mass is 356 g/mol. The Kier molecular flexibility index (Phi) is 4.94. The van der Waals surface area contributed by atoms with Gasteiger partial charge < -0.3 is 5.11 Å². The summed E-state index contributed by atoms with van der Waals surface area (Å²) < 4.78 is 27.3. The maximum absolute atomic E-state index is 14.1. The molecular weight excluding hydrogens is 334 g/mol. The summed E-state index contributed by atoms with van der Waals surface area (Å²) in [6, 6.07) is 8.97. The summed E-state index contributed by atoms with van der Waals surface area (Å²) in [7, 11) is 0. The minimum atomic E-state index is -0.944. The first-order chi connectivity index (χ1) is 12.3. The van der Waals surface area contributed by atoms with Gasteiger partial charge >= 0.3 is 5.97 Å². The van der Waals surface area contributed by atoms with E-state index >= 15 is 0 Å². The highest BCUT2D eigenvalue weighted by Gasteiger charge is 2.28. The van der Waals surface area contributed by atoms with Crippen molar-refractivity contribution in [2.75, 3.05) is 0 Å². The van der Waals surface area contributed by atoms with Crippen LogP contribution in [0.1, 0.15) is 60.2 Å². The number of rotatable bonds is 3. The third-order valence-corrected chi connectivity index (χ3v) is 5.61. The molecule has 1 aliphatic carbocycles. The summed E-state index contributed by atoms with van der Waals surface area (Å²) in [5, 5.41) is 9.29. The maximum Gasteiger partial charge on any atom is 0.335 e. The lowest BCUT2D eigenvalue weighted by Gasteiger charge is -2.24. The van der Waals surface area contributed by atoms with Crippen molar-refractivity contribution in [2.45, 2.75) is 39.5 Å². The molecule has 2 unspecified atom stereocenters. The molecule has 0 bridgehead atoms. The molecule has 0 amide bonds. The second-order valence-electron chi connectivity index (χ2n) is 7.21. The Morgan fingerprint density at radius 3 is 2.54 bits per heavy atom. The van der Waals surface area contributed by atoms with E-state index in [1.165, 1.54) is 17.7 Å².